The predicted molar refractivity (Wildman–Crippen MR) is 48.7 cm³/mol. The lowest BCUT2D eigenvalue weighted by Crippen LogP contribution is -2.32. The highest BCUT2D eigenvalue weighted by molar-refractivity contribution is 9.09. The molecule has 0 heterocycles. The zero-order valence-corrected chi connectivity index (χ0v) is 8.70. The lowest BCUT2D eigenvalue weighted by atomic mass is 10.0. The van der Waals surface area contributed by atoms with Crippen molar-refractivity contribution in [3.8, 4) is 0 Å². The zero-order chi connectivity index (χ0) is 8.04. The molecule has 0 spiro atoms. The molecule has 0 saturated heterocycles. The molecule has 0 aromatic heterocycles. The van der Waals surface area contributed by atoms with E-state index in [1.165, 1.54) is 0 Å². The van der Waals surface area contributed by atoms with Gasteiger partial charge >= 0.3 is 0 Å². The quantitative estimate of drug-likeness (QED) is 0.632. The molecule has 0 fully saturated rings. The third kappa shape index (κ3) is 2.59. The summed E-state index contributed by atoms with van der Waals surface area (Å²) in [7, 11) is 0. The van der Waals surface area contributed by atoms with Crippen LogP contribution in [0, 0.1) is 0 Å². The number of hydrogen-bond acceptors (Lipinski definition) is 1. The molecule has 0 aromatic carbocycles. The van der Waals surface area contributed by atoms with Crippen LogP contribution in [0.3, 0.4) is 0 Å². The second kappa shape index (κ2) is 5.14. The maximum Gasteiger partial charge on any atom is 0.0773 e. The fraction of sp³-hybridized carbons (Fsp3) is 1.00. The second-order valence-electron chi connectivity index (χ2n) is 2.46. The molecule has 0 amide bonds. The van der Waals surface area contributed by atoms with Crippen molar-refractivity contribution in [3.05, 3.63) is 0 Å². The van der Waals surface area contributed by atoms with E-state index in [9.17, 15) is 0 Å². The predicted octanol–water partition coefficient (Wildman–Crippen LogP) is 2.98. The van der Waals surface area contributed by atoms with E-state index in [0.29, 0.717) is 0 Å². The van der Waals surface area contributed by atoms with Crippen molar-refractivity contribution in [2.45, 2.75) is 39.2 Å². The molecule has 0 atom stereocenters. The van der Waals surface area contributed by atoms with Gasteiger partial charge in [0.05, 0.1) is 5.60 Å². The van der Waals surface area contributed by atoms with Crippen molar-refractivity contribution in [1.82, 2.24) is 0 Å². The Morgan fingerprint density at radius 1 is 1.20 bits per heavy atom. The molecule has 0 bridgehead atoms. The minimum atomic E-state index is 0.0920. The average molecular weight is 209 g/mol. The molecule has 0 N–H and O–H groups in total. The Balaban J connectivity index is 3.87. The van der Waals surface area contributed by atoms with Crippen molar-refractivity contribution in [3.63, 3.8) is 0 Å². The molecule has 0 radical (unpaired) electrons. The summed E-state index contributed by atoms with van der Waals surface area (Å²) < 4.78 is 5.63. The van der Waals surface area contributed by atoms with Gasteiger partial charge in [0.25, 0.3) is 0 Å². The van der Waals surface area contributed by atoms with E-state index in [-0.39, 0.29) is 5.60 Å². The van der Waals surface area contributed by atoms with Crippen LogP contribution in [0.2, 0.25) is 0 Å². The fourth-order valence-electron chi connectivity index (χ4n) is 0.988. The standard InChI is InChI=1S/C8H17BrO/c1-4-8(5-2,7-9)10-6-3/h4-7H2,1-3H3. The molecule has 0 rings (SSSR count). The van der Waals surface area contributed by atoms with Gasteiger partial charge in [0, 0.05) is 11.9 Å². The molecule has 10 heavy (non-hydrogen) atoms. The van der Waals surface area contributed by atoms with E-state index < -0.39 is 0 Å². The second-order valence-corrected chi connectivity index (χ2v) is 3.02. The lowest BCUT2D eigenvalue weighted by molar-refractivity contribution is -0.0252. The summed E-state index contributed by atoms with van der Waals surface area (Å²) >= 11 is 3.47. The van der Waals surface area contributed by atoms with E-state index >= 15 is 0 Å². The number of hydrogen-bond donors (Lipinski definition) is 0. The van der Waals surface area contributed by atoms with Gasteiger partial charge in [0.2, 0.25) is 0 Å². The zero-order valence-electron chi connectivity index (χ0n) is 7.11. The molecule has 0 aliphatic rings. The van der Waals surface area contributed by atoms with Gasteiger partial charge in [0.15, 0.2) is 0 Å². The van der Waals surface area contributed by atoms with Crippen LogP contribution in [0.25, 0.3) is 0 Å². The van der Waals surface area contributed by atoms with Crippen molar-refractivity contribution in [2.75, 3.05) is 11.9 Å². The van der Waals surface area contributed by atoms with E-state index in [0.717, 1.165) is 24.8 Å². The van der Waals surface area contributed by atoms with Gasteiger partial charge < -0.3 is 4.74 Å². The average Bonchev–Trinajstić information content (AvgIpc) is 2.01. The summed E-state index contributed by atoms with van der Waals surface area (Å²) in [5.74, 6) is 0. The molecular weight excluding hydrogens is 192 g/mol. The Hall–Kier alpha value is 0.440. The topological polar surface area (TPSA) is 9.23 Å². The largest absolute Gasteiger partial charge is 0.374 e. The van der Waals surface area contributed by atoms with Gasteiger partial charge in [-0.3, -0.25) is 0 Å². The summed E-state index contributed by atoms with van der Waals surface area (Å²) in [6.07, 6.45) is 2.17. The van der Waals surface area contributed by atoms with Gasteiger partial charge in [-0.25, -0.2) is 0 Å². The Labute approximate surface area is 72.3 Å². The van der Waals surface area contributed by atoms with Gasteiger partial charge in [-0.1, -0.05) is 29.8 Å². The van der Waals surface area contributed by atoms with Crippen LogP contribution in [-0.4, -0.2) is 17.5 Å². The number of halogens is 1. The fourth-order valence-corrected chi connectivity index (χ4v) is 1.94. The first-order chi connectivity index (χ1) is 4.74. The minimum absolute atomic E-state index is 0.0920. The van der Waals surface area contributed by atoms with Gasteiger partial charge in [-0.05, 0) is 19.8 Å². The summed E-state index contributed by atoms with van der Waals surface area (Å²) in [5.41, 5.74) is 0.0920. The van der Waals surface area contributed by atoms with E-state index in [2.05, 4.69) is 29.8 Å². The first kappa shape index (κ1) is 10.4. The van der Waals surface area contributed by atoms with Crippen molar-refractivity contribution in [1.29, 1.82) is 0 Å². The Morgan fingerprint density at radius 2 is 1.70 bits per heavy atom. The summed E-state index contributed by atoms with van der Waals surface area (Å²) in [4.78, 5) is 0. The highest BCUT2D eigenvalue weighted by atomic mass is 79.9. The molecule has 62 valence electrons. The van der Waals surface area contributed by atoms with Gasteiger partial charge in [-0.2, -0.15) is 0 Å². The summed E-state index contributed by atoms with van der Waals surface area (Å²) in [6.45, 7) is 7.19. The SMILES string of the molecule is CCOC(CC)(CC)CBr. The molecule has 0 saturated carbocycles. The minimum Gasteiger partial charge on any atom is -0.374 e. The first-order valence-corrected chi connectivity index (χ1v) is 5.06. The third-order valence-corrected chi connectivity index (χ3v) is 3.00. The van der Waals surface area contributed by atoms with Crippen LogP contribution in [0.5, 0.6) is 0 Å². The van der Waals surface area contributed by atoms with Crippen LogP contribution < -0.4 is 0 Å². The normalized spacial score (nSPS) is 12.0. The van der Waals surface area contributed by atoms with Gasteiger partial charge in [-0.15, -0.1) is 0 Å². The lowest BCUT2D eigenvalue weighted by Gasteiger charge is -2.29. The number of alkyl halides is 1. The van der Waals surface area contributed by atoms with E-state index in [1.54, 1.807) is 0 Å². The first-order valence-electron chi connectivity index (χ1n) is 3.94. The molecular formula is C8H17BrO. The number of ether oxygens (including phenoxy) is 1. The molecule has 0 aliphatic heterocycles. The summed E-state index contributed by atoms with van der Waals surface area (Å²) in [5, 5.41) is 0.945. The third-order valence-electron chi connectivity index (χ3n) is 1.98. The summed E-state index contributed by atoms with van der Waals surface area (Å²) in [6, 6.07) is 0. The Morgan fingerprint density at radius 3 is 1.80 bits per heavy atom. The van der Waals surface area contributed by atoms with Crippen LogP contribution in [0.1, 0.15) is 33.6 Å². The Kier molecular flexibility index (Phi) is 5.36. The van der Waals surface area contributed by atoms with E-state index in [1.807, 2.05) is 6.92 Å². The van der Waals surface area contributed by atoms with E-state index in [4.69, 9.17) is 4.74 Å². The molecule has 0 aromatic rings. The number of rotatable bonds is 5. The highest BCUT2D eigenvalue weighted by Crippen LogP contribution is 2.22. The molecule has 0 aliphatic carbocycles. The van der Waals surface area contributed by atoms with Crippen molar-refractivity contribution < 1.29 is 4.74 Å². The maximum atomic E-state index is 5.63. The van der Waals surface area contributed by atoms with Crippen LogP contribution >= 0.6 is 15.9 Å². The molecule has 1 nitrogen and oxygen atoms in total. The monoisotopic (exact) mass is 208 g/mol. The smallest absolute Gasteiger partial charge is 0.0773 e. The van der Waals surface area contributed by atoms with Gasteiger partial charge in [0.1, 0.15) is 0 Å². The Bertz CT molecular complexity index is 71.1. The van der Waals surface area contributed by atoms with Crippen LogP contribution in [0.4, 0.5) is 0 Å². The van der Waals surface area contributed by atoms with Crippen molar-refractivity contribution >= 4 is 15.9 Å². The molecule has 2 heteroatoms. The van der Waals surface area contributed by atoms with Crippen LogP contribution in [-0.2, 0) is 4.74 Å². The molecule has 0 unspecified atom stereocenters. The highest BCUT2D eigenvalue weighted by Gasteiger charge is 2.24. The van der Waals surface area contributed by atoms with Crippen LogP contribution in [0.15, 0.2) is 0 Å². The van der Waals surface area contributed by atoms with Crippen molar-refractivity contribution in [2.24, 2.45) is 0 Å². The maximum absolute atomic E-state index is 5.63.